The zero-order valence-corrected chi connectivity index (χ0v) is 15.4. The van der Waals surface area contributed by atoms with Crippen LogP contribution in [0, 0.1) is 28.6 Å². The second-order valence-electron chi connectivity index (χ2n) is 9.71. The zero-order chi connectivity index (χ0) is 17.8. The number of Topliss-reactive ketones (excluding diaryl/α,β-unsaturated/α-hetero) is 1. The van der Waals surface area contributed by atoms with Crippen LogP contribution in [0.5, 0.6) is 0 Å². The predicted octanol–water partition coefficient (Wildman–Crippen LogP) is 2.83. The number of allylic oxidation sites excluding steroid dienone is 1. The van der Waals surface area contributed by atoms with Gasteiger partial charge in [-0.15, -0.1) is 0 Å². The monoisotopic (exact) mass is 344 g/mol. The number of rotatable bonds is 1. The molecule has 8 atom stereocenters. The summed E-state index contributed by atoms with van der Waals surface area (Å²) >= 11 is 0. The van der Waals surface area contributed by atoms with Crippen molar-refractivity contribution in [1.29, 1.82) is 0 Å². The molecule has 4 aliphatic carbocycles. The van der Waals surface area contributed by atoms with Gasteiger partial charge in [0.25, 0.3) is 0 Å². The highest BCUT2D eigenvalue weighted by molar-refractivity contribution is 5.92. The van der Waals surface area contributed by atoms with Crippen LogP contribution in [-0.2, 0) is 14.3 Å². The normalized spacial score (nSPS) is 56.2. The van der Waals surface area contributed by atoms with Gasteiger partial charge in [0.1, 0.15) is 0 Å². The van der Waals surface area contributed by atoms with E-state index in [-0.39, 0.29) is 34.4 Å². The lowest BCUT2D eigenvalue weighted by atomic mass is 9.45. The lowest BCUT2D eigenvalue weighted by Crippen LogP contribution is -2.59. The standard InChI is InChI=1S/C21H28O4/c1-11(22)21-17(25-21)9-15-14-5-4-12-8-13(23)6-7-19(12,2)18(14)16(24)10-20(15,21)3/h8,14-18,24H,4-7,9-10H2,1-3H3/t14-,15-,16+,17+,18+,19-,20-,21+/m0/s1. The zero-order valence-electron chi connectivity index (χ0n) is 15.4. The predicted molar refractivity (Wildman–Crippen MR) is 91.8 cm³/mol. The van der Waals surface area contributed by atoms with E-state index >= 15 is 0 Å². The lowest BCUT2D eigenvalue weighted by molar-refractivity contribution is -0.158. The summed E-state index contributed by atoms with van der Waals surface area (Å²) in [6.45, 7) is 6.10. The first-order valence-corrected chi connectivity index (χ1v) is 9.85. The fourth-order valence-corrected chi connectivity index (χ4v) is 7.75. The molecule has 0 amide bonds. The van der Waals surface area contributed by atoms with E-state index in [0.717, 1.165) is 25.7 Å². The molecule has 4 heteroatoms. The van der Waals surface area contributed by atoms with Gasteiger partial charge in [-0.1, -0.05) is 19.4 Å². The molecule has 0 aromatic carbocycles. The van der Waals surface area contributed by atoms with Gasteiger partial charge in [-0.25, -0.2) is 0 Å². The van der Waals surface area contributed by atoms with Crippen LogP contribution in [0.3, 0.4) is 0 Å². The maximum absolute atomic E-state index is 12.4. The highest BCUT2D eigenvalue weighted by Crippen LogP contribution is 2.73. The van der Waals surface area contributed by atoms with Crippen molar-refractivity contribution in [3.05, 3.63) is 11.6 Å². The summed E-state index contributed by atoms with van der Waals surface area (Å²) in [5.74, 6) is 1.46. The Morgan fingerprint density at radius 2 is 2.08 bits per heavy atom. The lowest BCUT2D eigenvalue weighted by Gasteiger charge is -2.60. The minimum atomic E-state index is -0.636. The van der Waals surface area contributed by atoms with Crippen molar-refractivity contribution in [2.45, 2.75) is 77.1 Å². The molecule has 0 bridgehead atoms. The third-order valence-electron chi connectivity index (χ3n) is 8.85. The van der Waals surface area contributed by atoms with Crippen LogP contribution >= 0.6 is 0 Å². The Morgan fingerprint density at radius 3 is 2.80 bits per heavy atom. The Kier molecular flexibility index (Phi) is 3.00. The molecular formula is C21H28O4. The second-order valence-corrected chi connectivity index (χ2v) is 9.71. The van der Waals surface area contributed by atoms with Gasteiger partial charge < -0.3 is 9.84 Å². The van der Waals surface area contributed by atoms with Gasteiger partial charge in [-0.3, -0.25) is 9.59 Å². The summed E-state index contributed by atoms with van der Waals surface area (Å²) in [5, 5.41) is 11.2. The molecule has 4 nitrogen and oxygen atoms in total. The first kappa shape index (κ1) is 16.2. The second kappa shape index (κ2) is 4.64. The van der Waals surface area contributed by atoms with Crippen LogP contribution in [0.25, 0.3) is 0 Å². The van der Waals surface area contributed by atoms with Gasteiger partial charge in [0.15, 0.2) is 17.2 Å². The van der Waals surface area contributed by atoms with Gasteiger partial charge in [0.05, 0.1) is 12.2 Å². The van der Waals surface area contributed by atoms with Crippen LogP contribution in [0.1, 0.15) is 59.3 Å². The van der Waals surface area contributed by atoms with E-state index in [0.29, 0.717) is 24.7 Å². The Bertz CT molecular complexity index is 711. The number of hydrogen-bond acceptors (Lipinski definition) is 4. The molecule has 5 aliphatic rings. The molecule has 5 rings (SSSR count). The first-order valence-electron chi connectivity index (χ1n) is 9.85. The molecule has 25 heavy (non-hydrogen) atoms. The summed E-state index contributed by atoms with van der Waals surface area (Å²) < 4.78 is 5.93. The van der Waals surface area contributed by atoms with Crippen LogP contribution in [0.15, 0.2) is 11.6 Å². The van der Waals surface area contributed by atoms with Crippen molar-refractivity contribution in [3.8, 4) is 0 Å². The summed E-state index contributed by atoms with van der Waals surface area (Å²) in [7, 11) is 0. The van der Waals surface area contributed by atoms with Gasteiger partial charge in [-0.05, 0) is 68.3 Å². The first-order chi connectivity index (χ1) is 11.7. The smallest absolute Gasteiger partial charge is 0.164 e. The fraction of sp³-hybridized carbons (Fsp3) is 0.810. The number of carbonyl (C=O) groups excluding carboxylic acids is 2. The third kappa shape index (κ3) is 1.71. The molecule has 0 aromatic rings. The van der Waals surface area contributed by atoms with E-state index < -0.39 is 11.7 Å². The molecule has 0 aromatic heterocycles. The van der Waals surface area contributed by atoms with E-state index in [9.17, 15) is 14.7 Å². The van der Waals surface area contributed by atoms with E-state index in [1.165, 1.54) is 5.57 Å². The van der Waals surface area contributed by atoms with E-state index in [1.807, 2.05) is 6.08 Å². The van der Waals surface area contributed by atoms with Crippen molar-refractivity contribution in [1.82, 2.24) is 0 Å². The van der Waals surface area contributed by atoms with Crippen LogP contribution in [0.2, 0.25) is 0 Å². The van der Waals surface area contributed by atoms with E-state index in [2.05, 4.69) is 13.8 Å². The van der Waals surface area contributed by atoms with Gasteiger partial charge in [-0.2, -0.15) is 0 Å². The number of hydrogen-bond donors (Lipinski definition) is 1. The van der Waals surface area contributed by atoms with Crippen molar-refractivity contribution in [2.24, 2.45) is 28.6 Å². The number of carbonyl (C=O) groups is 2. The van der Waals surface area contributed by atoms with Crippen LogP contribution in [-0.4, -0.2) is 34.5 Å². The van der Waals surface area contributed by atoms with Gasteiger partial charge in [0, 0.05) is 11.8 Å². The average molecular weight is 344 g/mol. The number of aliphatic hydroxyl groups excluding tert-OH is 1. The molecule has 1 heterocycles. The van der Waals surface area contributed by atoms with E-state index in [4.69, 9.17) is 4.74 Å². The molecule has 1 saturated heterocycles. The maximum Gasteiger partial charge on any atom is 0.164 e. The highest BCUT2D eigenvalue weighted by Gasteiger charge is 2.80. The Morgan fingerprint density at radius 1 is 1.32 bits per heavy atom. The van der Waals surface area contributed by atoms with Crippen LogP contribution in [0.4, 0.5) is 0 Å². The highest BCUT2D eigenvalue weighted by atomic mass is 16.6. The molecule has 0 spiro atoms. The largest absolute Gasteiger partial charge is 0.393 e. The van der Waals surface area contributed by atoms with Crippen molar-refractivity contribution >= 4 is 11.6 Å². The molecule has 0 unspecified atom stereocenters. The summed E-state index contributed by atoms with van der Waals surface area (Å²) in [6.07, 6.45) is 6.54. The van der Waals surface area contributed by atoms with Crippen molar-refractivity contribution in [2.75, 3.05) is 0 Å². The minimum Gasteiger partial charge on any atom is -0.393 e. The average Bonchev–Trinajstić information content (AvgIpc) is 3.22. The SMILES string of the molecule is CC(=O)[C@@]12O[C@@H]1C[C@H]1[C@@H]3CCC4=CC(=O)CC[C@]4(C)[C@H]3[C@H](O)C[C@@]12C. The molecule has 1 aliphatic heterocycles. The van der Waals surface area contributed by atoms with Crippen molar-refractivity contribution in [3.63, 3.8) is 0 Å². The molecule has 3 saturated carbocycles. The maximum atomic E-state index is 12.4. The Labute approximate surface area is 149 Å². The summed E-state index contributed by atoms with van der Waals surface area (Å²) in [6, 6.07) is 0. The quantitative estimate of drug-likeness (QED) is 0.743. The Hall–Kier alpha value is -1.00. The molecule has 1 N–H and O–H groups in total. The fourth-order valence-electron chi connectivity index (χ4n) is 7.75. The number of ether oxygens (including phenoxy) is 1. The molecule has 0 radical (unpaired) electrons. The summed E-state index contributed by atoms with van der Waals surface area (Å²) in [4.78, 5) is 24.3. The Balaban J connectivity index is 1.56. The molecule has 136 valence electrons. The van der Waals surface area contributed by atoms with Crippen LogP contribution < -0.4 is 0 Å². The van der Waals surface area contributed by atoms with E-state index in [1.54, 1.807) is 6.92 Å². The number of aliphatic hydroxyl groups is 1. The summed E-state index contributed by atoms with van der Waals surface area (Å²) in [5.41, 5.74) is 0.317. The number of fused-ring (bicyclic) bond motifs is 7. The molecule has 4 fully saturated rings. The van der Waals surface area contributed by atoms with Gasteiger partial charge >= 0.3 is 0 Å². The molecular weight excluding hydrogens is 316 g/mol. The number of epoxide rings is 1. The van der Waals surface area contributed by atoms with Crippen molar-refractivity contribution < 1.29 is 19.4 Å². The minimum absolute atomic E-state index is 0.0589. The number of ketones is 2. The topological polar surface area (TPSA) is 66.9 Å². The third-order valence-corrected chi connectivity index (χ3v) is 8.85. The van der Waals surface area contributed by atoms with Gasteiger partial charge in [0.2, 0.25) is 0 Å².